The van der Waals surface area contributed by atoms with Crippen LogP contribution in [0.15, 0.2) is 48.9 Å². The van der Waals surface area contributed by atoms with Crippen LogP contribution >= 0.6 is 0 Å². The molecule has 0 saturated carbocycles. The van der Waals surface area contributed by atoms with Gasteiger partial charge in [0, 0.05) is 43.3 Å². The van der Waals surface area contributed by atoms with Gasteiger partial charge in [-0.2, -0.15) is 5.10 Å². The second-order valence-electron chi connectivity index (χ2n) is 9.41. The van der Waals surface area contributed by atoms with Crippen LogP contribution in [0.5, 0.6) is 0 Å². The minimum Gasteiger partial charge on any atom is -0.340 e. The summed E-state index contributed by atoms with van der Waals surface area (Å²) in [6, 6.07) is 9.70. The van der Waals surface area contributed by atoms with Gasteiger partial charge in [-0.15, -0.1) is 0 Å². The molecule has 0 atom stereocenters. The monoisotopic (exact) mass is 456 g/mol. The van der Waals surface area contributed by atoms with E-state index in [0.29, 0.717) is 24.7 Å². The number of hydrogen-bond donors (Lipinski definition) is 1. The standard InChI is InChI=1S/C25H28N8O/c1-16-12-26-24(29-21-9-10-27-31(21)5)30-22(16)18-11-20-23(34)33(25(3,4)15-32(20)13-18)14-19-8-6-7-17(2)28-19/h6-13H,14-15H2,1-5H3,(H,26,29,30). The second-order valence-corrected chi connectivity index (χ2v) is 9.41. The average molecular weight is 457 g/mol. The molecule has 0 fully saturated rings. The molecule has 1 amide bonds. The van der Waals surface area contributed by atoms with Gasteiger partial charge in [-0.25, -0.2) is 9.97 Å². The number of aromatic nitrogens is 6. The van der Waals surface area contributed by atoms with Gasteiger partial charge in [0.1, 0.15) is 11.5 Å². The zero-order valence-corrected chi connectivity index (χ0v) is 20.1. The number of aryl methyl sites for hydroxylation is 3. The van der Waals surface area contributed by atoms with Crippen molar-refractivity contribution in [1.82, 2.24) is 34.2 Å². The molecule has 4 aromatic heterocycles. The number of rotatable bonds is 5. The van der Waals surface area contributed by atoms with Crippen molar-refractivity contribution in [3.63, 3.8) is 0 Å². The summed E-state index contributed by atoms with van der Waals surface area (Å²) in [5.74, 6) is 1.27. The normalized spacial score (nSPS) is 14.9. The molecule has 9 heteroatoms. The number of hydrogen-bond acceptors (Lipinski definition) is 6. The van der Waals surface area contributed by atoms with Crippen molar-refractivity contribution in [2.45, 2.75) is 46.3 Å². The maximum atomic E-state index is 13.6. The maximum absolute atomic E-state index is 13.6. The average Bonchev–Trinajstić information content (AvgIpc) is 3.38. The molecule has 0 radical (unpaired) electrons. The number of fused-ring (bicyclic) bond motifs is 1. The Balaban J connectivity index is 1.47. The number of carbonyl (C=O) groups is 1. The lowest BCUT2D eigenvalue weighted by molar-refractivity contribution is 0.0383. The molecular formula is C25H28N8O. The molecule has 0 saturated heterocycles. The predicted molar refractivity (Wildman–Crippen MR) is 130 cm³/mol. The van der Waals surface area contributed by atoms with Crippen molar-refractivity contribution in [2.75, 3.05) is 5.32 Å². The fraction of sp³-hybridized carbons (Fsp3) is 0.320. The van der Waals surface area contributed by atoms with Gasteiger partial charge < -0.3 is 14.8 Å². The van der Waals surface area contributed by atoms with Crippen LogP contribution in [-0.2, 0) is 20.1 Å². The first kappa shape index (κ1) is 21.8. The highest BCUT2D eigenvalue weighted by atomic mass is 16.2. The summed E-state index contributed by atoms with van der Waals surface area (Å²) in [6.07, 6.45) is 5.52. The molecule has 0 aliphatic carbocycles. The number of nitrogens with zero attached hydrogens (tertiary/aromatic N) is 7. The molecule has 174 valence electrons. The van der Waals surface area contributed by atoms with Crippen molar-refractivity contribution in [3.8, 4) is 11.3 Å². The van der Waals surface area contributed by atoms with Crippen LogP contribution in [0.25, 0.3) is 11.3 Å². The van der Waals surface area contributed by atoms with Gasteiger partial charge in [-0.1, -0.05) is 6.07 Å². The highest BCUT2D eigenvalue weighted by molar-refractivity contribution is 5.95. The molecule has 1 N–H and O–H groups in total. The Hall–Kier alpha value is -4.01. The Kier molecular flexibility index (Phi) is 5.19. The third kappa shape index (κ3) is 3.93. The molecule has 5 heterocycles. The van der Waals surface area contributed by atoms with E-state index in [-0.39, 0.29) is 11.4 Å². The number of nitrogens with one attached hydrogen (secondary N) is 1. The lowest BCUT2D eigenvalue weighted by Gasteiger charge is -2.42. The third-order valence-electron chi connectivity index (χ3n) is 6.22. The Morgan fingerprint density at radius 3 is 2.71 bits per heavy atom. The quantitative estimate of drug-likeness (QED) is 0.490. The molecule has 5 rings (SSSR count). The number of anilines is 2. The molecule has 4 aromatic rings. The molecular weight excluding hydrogens is 428 g/mol. The molecule has 1 aliphatic heterocycles. The first-order valence-electron chi connectivity index (χ1n) is 11.2. The Morgan fingerprint density at radius 1 is 1.15 bits per heavy atom. The van der Waals surface area contributed by atoms with Gasteiger partial charge in [-0.3, -0.25) is 14.5 Å². The van der Waals surface area contributed by atoms with E-state index in [9.17, 15) is 4.79 Å². The molecule has 1 aliphatic rings. The summed E-state index contributed by atoms with van der Waals surface area (Å²) in [5, 5.41) is 7.37. The van der Waals surface area contributed by atoms with E-state index in [2.05, 4.69) is 34.2 Å². The van der Waals surface area contributed by atoms with Crippen LogP contribution in [0.3, 0.4) is 0 Å². The summed E-state index contributed by atoms with van der Waals surface area (Å²) in [5.41, 5.74) is 4.74. The van der Waals surface area contributed by atoms with Gasteiger partial charge in [0.25, 0.3) is 5.91 Å². The van der Waals surface area contributed by atoms with Crippen molar-refractivity contribution in [1.29, 1.82) is 0 Å². The highest BCUT2D eigenvalue weighted by Crippen LogP contribution is 2.33. The minimum atomic E-state index is -0.362. The first-order valence-corrected chi connectivity index (χ1v) is 11.2. The van der Waals surface area contributed by atoms with E-state index < -0.39 is 0 Å². The molecule has 9 nitrogen and oxygen atoms in total. The van der Waals surface area contributed by atoms with Gasteiger partial charge in [0.15, 0.2) is 0 Å². The maximum Gasteiger partial charge on any atom is 0.271 e. The predicted octanol–water partition coefficient (Wildman–Crippen LogP) is 3.87. The van der Waals surface area contributed by atoms with Crippen LogP contribution in [0.1, 0.15) is 41.3 Å². The summed E-state index contributed by atoms with van der Waals surface area (Å²) >= 11 is 0. The van der Waals surface area contributed by atoms with Gasteiger partial charge in [0.05, 0.1) is 29.7 Å². The number of carbonyl (C=O) groups excluding carboxylic acids is 1. The Labute approximate surface area is 198 Å². The molecule has 0 aromatic carbocycles. The molecule has 0 unspecified atom stereocenters. The van der Waals surface area contributed by atoms with E-state index in [0.717, 1.165) is 34.0 Å². The molecule has 0 bridgehead atoms. The van der Waals surface area contributed by atoms with E-state index in [1.54, 1.807) is 17.1 Å². The third-order valence-corrected chi connectivity index (χ3v) is 6.22. The van der Waals surface area contributed by atoms with Crippen LogP contribution in [0.2, 0.25) is 0 Å². The van der Waals surface area contributed by atoms with Crippen molar-refractivity contribution in [3.05, 3.63) is 71.6 Å². The van der Waals surface area contributed by atoms with Crippen LogP contribution in [-0.4, -0.2) is 45.6 Å². The first-order chi connectivity index (χ1) is 16.2. The fourth-order valence-corrected chi connectivity index (χ4v) is 4.41. The van der Waals surface area contributed by atoms with Crippen molar-refractivity contribution in [2.24, 2.45) is 7.05 Å². The van der Waals surface area contributed by atoms with Crippen LogP contribution in [0, 0.1) is 13.8 Å². The van der Waals surface area contributed by atoms with E-state index >= 15 is 0 Å². The summed E-state index contributed by atoms with van der Waals surface area (Å²) < 4.78 is 3.76. The number of pyridine rings is 1. The van der Waals surface area contributed by atoms with Crippen molar-refractivity contribution < 1.29 is 4.79 Å². The van der Waals surface area contributed by atoms with E-state index in [1.807, 2.05) is 66.9 Å². The van der Waals surface area contributed by atoms with Crippen molar-refractivity contribution >= 4 is 17.7 Å². The van der Waals surface area contributed by atoms with Crippen LogP contribution in [0.4, 0.5) is 11.8 Å². The van der Waals surface area contributed by atoms with Gasteiger partial charge >= 0.3 is 0 Å². The Bertz CT molecular complexity index is 1380. The zero-order valence-electron chi connectivity index (χ0n) is 20.1. The number of amides is 1. The second kappa shape index (κ2) is 8.09. The lowest BCUT2D eigenvalue weighted by atomic mass is 9.98. The van der Waals surface area contributed by atoms with E-state index in [1.165, 1.54) is 0 Å². The minimum absolute atomic E-state index is 0.00857. The largest absolute Gasteiger partial charge is 0.340 e. The molecule has 34 heavy (non-hydrogen) atoms. The summed E-state index contributed by atoms with van der Waals surface area (Å²) in [4.78, 5) is 29.3. The smallest absolute Gasteiger partial charge is 0.271 e. The lowest BCUT2D eigenvalue weighted by Crippen LogP contribution is -2.54. The highest BCUT2D eigenvalue weighted by Gasteiger charge is 2.39. The topological polar surface area (TPSA) is 93.8 Å². The summed E-state index contributed by atoms with van der Waals surface area (Å²) in [7, 11) is 1.85. The Morgan fingerprint density at radius 2 is 1.97 bits per heavy atom. The SMILES string of the molecule is Cc1cccc(CN2C(=O)c3cc(-c4nc(Nc5ccnn5C)ncc4C)cn3CC2(C)C)n1. The van der Waals surface area contributed by atoms with Crippen LogP contribution < -0.4 is 5.32 Å². The van der Waals surface area contributed by atoms with Gasteiger partial charge in [-0.05, 0) is 51.5 Å². The molecule has 0 spiro atoms. The fourth-order valence-electron chi connectivity index (χ4n) is 4.41. The van der Waals surface area contributed by atoms with E-state index in [4.69, 9.17) is 4.98 Å². The summed E-state index contributed by atoms with van der Waals surface area (Å²) in [6.45, 7) is 9.28. The van der Waals surface area contributed by atoms with Gasteiger partial charge in [0.2, 0.25) is 5.95 Å². The zero-order chi connectivity index (χ0) is 24.0.